The quantitative estimate of drug-likeness (QED) is 0.469. The molecule has 138 valence electrons. The Hall–Kier alpha value is -3.26. The third-order valence-corrected chi connectivity index (χ3v) is 4.12. The van der Waals surface area contributed by atoms with E-state index in [4.69, 9.17) is 16.1 Å². The number of hydrogen-bond acceptors (Lipinski definition) is 6. The molecule has 0 saturated heterocycles. The molecule has 0 aliphatic carbocycles. The lowest BCUT2D eigenvalue weighted by Gasteiger charge is -2.18. The zero-order valence-electron chi connectivity index (χ0n) is 14.3. The molecule has 0 unspecified atom stereocenters. The molecule has 9 heteroatoms. The number of benzene rings is 2. The van der Waals surface area contributed by atoms with Gasteiger partial charge in [0.1, 0.15) is 12.1 Å². The second-order valence-electron chi connectivity index (χ2n) is 5.62. The van der Waals surface area contributed by atoms with E-state index < -0.39 is 10.8 Å². The first-order valence-corrected chi connectivity index (χ1v) is 8.48. The fourth-order valence-electron chi connectivity index (χ4n) is 2.52. The molecule has 0 saturated carbocycles. The fourth-order valence-corrected chi connectivity index (χ4v) is 2.69. The van der Waals surface area contributed by atoms with E-state index in [1.807, 2.05) is 30.3 Å². The van der Waals surface area contributed by atoms with Crippen LogP contribution in [0.5, 0.6) is 0 Å². The minimum Gasteiger partial charge on any atom is -0.337 e. The van der Waals surface area contributed by atoms with Gasteiger partial charge in [0.25, 0.3) is 11.6 Å². The highest BCUT2D eigenvalue weighted by Crippen LogP contribution is 2.25. The second-order valence-corrected chi connectivity index (χ2v) is 6.05. The van der Waals surface area contributed by atoms with E-state index in [1.165, 1.54) is 17.0 Å². The number of carbonyl (C=O) groups is 1. The topological polar surface area (TPSA) is 102 Å². The Morgan fingerprint density at radius 2 is 2.00 bits per heavy atom. The summed E-state index contributed by atoms with van der Waals surface area (Å²) in [7, 11) is 0. The number of aromatic nitrogens is 2. The Morgan fingerprint density at radius 1 is 1.26 bits per heavy atom. The number of hydrogen-bond donors (Lipinski definition) is 0. The van der Waals surface area contributed by atoms with Gasteiger partial charge in [-0.05, 0) is 19.1 Å². The first-order chi connectivity index (χ1) is 13.0. The van der Waals surface area contributed by atoms with Crippen molar-refractivity contribution in [2.24, 2.45) is 0 Å². The maximum absolute atomic E-state index is 12.8. The molecule has 0 N–H and O–H groups in total. The molecular weight excluding hydrogens is 372 g/mol. The zero-order valence-corrected chi connectivity index (χ0v) is 15.1. The van der Waals surface area contributed by atoms with Crippen LogP contribution in [0.25, 0.3) is 11.4 Å². The van der Waals surface area contributed by atoms with Crippen LogP contribution in [-0.4, -0.2) is 32.4 Å². The fraction of sp³-hybridized carbons (Fsp3) is 0.167. The van der Waals surface area contributed by atoms with E-state index in [9.17, 15) is 14.9 Å². The van der Waals surface area contributed by atoms with E-state index in [0.29, 0.717) is 12.4 Å². The molecular formula is C18H15ClN4O4. The van der Waals surface area contributed by atoms with Gasteiger partial charge in [-0.25, -0.2) is 0 Å². The largest absolute Gasteiger partial charge is 0.337 e. The van der Waals surface area contributed by atoms with Gasteiger partial charge in [-0.2, -0.15) is 4.98 Å². The summed E-state index contributed by atoms with van der Waals surface area (Å²) in [6.07, 6.45) is 0. The number of halogens is 1. The van der Waals surface area contributed by atoms with Crippen LogP contribution in [0.2, 0.25) is 5.02 Å². The van der Waals surface area contributed by atoms with Crippen LogP contribution in [0.4, 0.5) is 5.69 Å². The lowest BCUT2D eigenvalue weighted by Crippen LogP contribution is -2.31. The molecule has 8 nitrogen and oxygen atoms in total. The minimum absolute atomic E-state index is 0.0367. The number of amides is 1. The smallest absolute Gasteiger partial charge is 0.283 e. The van der Waals surface area contributed by atoms with Crippen molar-refractivity contribution in [2.45, 2.75) is 13.5 Å². The Labute approximate surface area is 159 Å². The third kappa shape index (κ3) is 4.12. The molecule has 3 aromatic rings. The van der Waals surface area contributed by atoms with Crippen molar-refractivity contribution in [3.8, 4) is 11.4 Å². The first-order valence-electron chi connectivity index (χ1n) is 8.10. The van der Waals surface area contributed by atoms with E-state index in [0.717, 1.165) is 11.6 Å². The average Bonchev–Trinajstić information content (AvgIpc) is 3.15. The molecule has 3 rings (SSSR count). The normalized spacial score (nSPS) is 10.6. The van der Waals surface area contributed by atoms with Crippen LogP contribution in [-0.2, 0) is 6.54 Å². The maximum Gasteiger partial charge on any atom is 0.283 e. The standard InChI is InChI=1S/C18H15ClN4O4/c1-2-22(18(24)14-9-8-13(19)10-15(14)23(25)26)11-16-20-17(21-27-16)12-6-4-3-5-7-12/h3-10H,2,11H2,1H3. The van der Waals surface area contributed by atoms with Gasteiger partial charge in [-0.3, -0.25) is 14.9 Å². The molecule has 0 aliphatic heterocycles. The molecule has 0 radical (unpaired) electrons. The monoisotopic (exact) mass is 386 g/mol. The number of nitro groups is 1. The van der Waals surface area contributed by atoms with Gasteiger partial charge in [-0.1, -0.05) is 47.1 Å². The van der Waals surface area contributed by atoms with Gasteiger partial charge in [-0.15, -0.1) is 0 Å². The minimum atomic E-state index is -0.632. The average molecular weight is 387 g/mol. The van der Waals surface area contributed by atoms with E-state index in [-0.39, 0.29) is 28.7 Å². The van der Waals surface area contributed by atoms with Crippen molar-refractivity contribution < 1.29 is 14.2 Å². The number of carbonyl (C=O) groups excluding carboxylic acids is 1. The highest BCUT2D eigenvalue weighted by molar-refractivity contribution is 6.31. The molecule has 0 bridgehead atoms. The zero-order chi connectivity index (χ0) is 19.4. The summed E-state index contributed by atoms with van der Waals surface area (Å²) >= 11 is 5.81. The van der Waals surface area contributed by atoms with Crippen LogP contribution in [0.1, 0.15) is 23.2 Å². The summed E-state index contributed by atoms with van der Waals surface area (Å²) in [5.41, 5.74) is 0.394. The maximum atomic E-state index is 12.8. The van der Waals surface area contributed by atoms with Crippen molar-refractivity contribution in [1.82, 2.24) is 15.0 Å². The van der Waals surface area contributed by atoms with Gasteiger partial charge in [0.15, 0.2) is 0 Å². The molecule has 27 heavy (non-hydrogen) atoms. The Balaban J connectivity index is 1.83. The van der Waals surface area contributed by atoms with Crippen LogP contribution >= 0.6 is 11.6 Å². The van der Waals surface area contributed by atoms with E-state index in [2.05, 4.69) is 10.1 Å². The molecule has 1 heterocycles. The van der Waals surface area contributed by atoms with Gasteiger partial charge >= 0.3 is 0 Å². The molecule has 0 spiro atoms. The summed E-state index contributed by atoms with van der Waals surface area (Å²) in [5.74, 6) is 0.132. The number of nitrogens with zero attached hydrogens (tertiary/aromatic N) is 4. The predicted octanol–water partition coefficient (Wildman–Crippen LogP) is 3.96. The van der Waals surface area contributed by atoms with E-state index in [1.54, 1.807) is 6.92 Å². The summed E-state index contributed by atoms with van der Waals surface area (Å²) in [4.78, 5) is 29.1. The number of nitro benzene ring substituents is 1. The summed E-state index contributed by atoms with van der Waals surface area (Å²) in [6, 6.07) is 13.2. The van der Waals surface area contributed by atoms with Crippen molar-refractivity contribution in [1.29, 1.82) is 0 Å². The Bertz CT molecular complexity index is 975. The first kappa shape index (κ1) is 18.5. The summed E-state index contributed by atoms with van der Waals surface area (Å²) in [5, 5.41) is 15.3. The van der Waals surface area contributed by atoms with Gasteiger partial charge < -0.3 is 9.42 Å². The van der Waals surface area contributed by atoms with Crippen LogP contribution < -0.4 is 0 Å². The van der Waals surface area contributed by atoms with Crippen molar-refractivity contribution in [3.05, 3.63) is 75.1 Å². The van der Waals surface area contributed by atoms with E-state index >= 15 is 0 Å². The van der Waals surface area contributed by atoms with Crippen LogP contribution in [0.3, 0.4) is 0 Å². The molecule has 0 atom stereocenters. The van der Waals surface area contributed by atoms with Gasteiger partial charge in [0.05, 0.1) is 4.92 Å². The molecule has 1 aromatic heterocycles. The van der Waals surface area contributed by atoms with Crippen molar-refractivity contribution in [2.75, 3.05) is 6.54 Å². The van der Waals surface area contributed by atoms with Gasteiger partial charge in [0.2, 0.25) is 11.7 Å². The third-order valence-electron chi connectivity index (χ3n) is 3.88. The Kier molecular flexibility index (Phi) is 5.46. The Morgan fingerprint density at radius 3 is 2.67 bits per heavy atom. The lowest BCUT2D eigenvalue weighted by atomic mass is 10.1. The lowest BCUT2D eigenvalue weighted by molar-refractivity contribution is -0.385. The van der Waals surface area contributed by atoms with Crippen LogP contribution in [0, 0.1) is 10.1 Å². The van der Waals surface area contributed by atoms with Crippen LogP contribution in [0.15, 0.2) is 53.1 Å². The SMILES string of the molecule is CCN(Cc1nc(-c2ccccc2)no1)C(=O)c1ccc(Cl)cc1[N+](=O)[O-]. The van der Waals surface area contributed by atoms with Crippen molar-refractivity contribution in [3.63, 3.8) is 0 Å². The highest BCUT2D eigenvalue weighted by atomic mass is 35.5. The predicted molar refractivity (Wildman–Crippen MR) is 98.3 cm³/mol. The molecule has 2 aromatic carbocycles. The highest BCUT2D eigenvalue weighted by Gasteiger charge is 2.25. The second kappa shape index (κ2) is 7.96. The summed E-state index contributed by atoms with van der Waals surface area (Å²) in [6.45, 7) is 2.10. The molecule has 1 amide bonds. The van der Waals surface area contributed by atoms with Gasteiger partial charge in [0, 0.05) is 23.2 Å². The summed E-state index contributed by atoms with van der Waals surface area (Å²) < 4.78 is 5.22. The molecule has 0 fully saturated rings. The van der Waals surface area contributed by atoms with Crippen molar-refractivity contribution >= 4 is 23.2 Å². The molecule has 0 aliphatic rings. The number of rotatable bonds is 6.